The largest absolute Gasteiger partial charge is 0.285 e. The second-order valence-electron chi connectivity index (χ2n) is 8.19. The van der Waals surface area contributed by atoms with Gasteiger partial charge >= 0.3 is 0 Å². The van der Waals surface area contributed by atoms with Crippen LogP contribution >= 0.6 is 0 Å². The third-order valence-electron chi connectivity index (χ3n) is 4.35. The number of benzene rings is 1. The lowest BCUT2D eigenvalue weighted by molar-refractivity contribution is -0.125. The molecule has 0 aliphatic carbocycles. The van der Waals surface area contributed by atoms with E-state index in [4.69, 9.17) is 0 Å². The number of carbonyl (C=O) groups excluding carboxylic acids is 1. The summed E-state index contributed by atoms with van der Waals surface area (Å²) >= 11 is 0. The first-order valence-electron chi connectivity index (χ1n) is 7.63. The fraction of sp³-hybridized carbons (Fsp3) is 0.526. The number of anilines is 1. The van der Waals surface area contributed by atoms with Gasteiger partial charge in [0.25, 0.3) is 0 Å². The molecule has 114 valence electrons. The van der Waals surface area contributed by atoms with Crippen LogP contribution in [0.4, 0.5) is 5.69 Å². The van der Waals surface area contributed by atoms with E-state index in [-0.39, 0.29) is 28.6 Å². The Morgan fingerprint density at radius 2 is 1.38 bits per heavy atom. The summed E-state index contributed by atoms with van der Waals surface area (Å²) in [6, 6.07) is 9.86. The van der Waals surface area contributed by atoms with E-state index >= 15 is 0 Å². The highest BCUT2D eigenvalue weighted by atomic mass is 16.2. The molecule has 2 atom stereocenters. The Bertz CT molecular complexity index is 513. The van der Waals surface area contributed by atoms with Crippen LogP contribution in [0.25, 0.3) is 0 Å². The lowest BCUT2D eigenvalue weighted by Gasteiger charge is -2.37. The normalized spacial score (nSPS) is 23.8. The fourth-order valence-corrected chi connectivity index (χ4v) is 3.50. The van der Waals surface area contributed by atoms with Crippen molar-refractivity contribution in [3.8, 4) is 0 Å². The van der Waals surface area contributed by atoms with Gasteiger partial charge in [-0.2, -0.15) is 0 Å². The van der Waals surface area contributed by atoms with Crippen molar-refractivity contribution in [2.75, 3.05) is 4.90 Å². The van der Waals surface area contributed by atoms with Crippen LogP contribution in [0.15, 0.2) is 42.6 Å². The topological polar surface area (TPSA) is 20.3 Å². The maximum Gasteiger partial charge on any atom is 0.235 e. The highest BCUT2D eigenvalue weighted by molar-refractivity contribution is 6.02. The molecule has 0 radical (unpaired) electrons. The van der Waals surface area contributed by atoms with E-state index in [2.05, 4.69) is 48.1 Å². The summed E-state index contributed by atoms with van der Waals surface area (Å²) in [7, 11) is 0. The molecule has 1 aromatic carbocycles. The van der Waals surface area contributed by atoms with E-state index in [1.54, 1.807) is 0 Å². The predicted molar refractivity (Wildman–Crippen MR) is 89.0 cm³/mol. The Morgan fingerprint density at radius 3 is 1.76 bits per heavy atom. The molecule has 1 saturated heterocycles. The molecule has 2 nitrogen and oxygen atoms in total. The van der Waals surface area contributed by atoms with E-state index in [1.807, 2.05) is 35.2 Å². The van der Waals surface area contributed by atoms with Gasteiger partial charge in [0.2, 0.25) is 5.91 Å². The molecule has 2 heteroatoms. The summed E-state index contributed by atoms with van der Waals surface area (Å²) in [5.41, 5.74) is 1.78. The average Bonchev–Trinajstić information content (AvgIpc) is 2.61. The summed E-state index contributed by atoms with van der Waals surface area (Å²) in [6.45, 7) is 17.3. The van der Waals surface area contributed by atoms with Crippen LogP contribution in [0.1, 0.15) is 41.5 Å². The number of para-hydroxylation sites is 1. The van der Waals surface area contributed by atoms with Crippen molar-refractivity contribution in [3.05, 3.63) is 42.6 Å². The number of hydrogen-bond acceptors (Lipinski definition) is 1. The minimum Gasteiger partial charge on any atom is -0.285 e. The van der Waals surface area contributed by atoms with Crippen LogP contribution in [0.3, 0.4) is 0 Å². The van der Waals surface area contributed by atoms with Crippen LogP contribution in [-0.2, 0) is 4.79 Å². The summed E-state index contributed by atoms with van der Waals surface area (Å²) in [6.07, 6.45) is 0. The van der Waals surface area contributed by atoms with Crippen molar-refractivity contribution >= 4 is 11.6 Å². The maximum absolute atomic E-state index is 13.1. The molecule has 2 unspecified atom stereocenters. The van der Waals surface area contributed by atoms with Gasteiger partial charge in [0.1, 0.15) is 0 Å². The standard InChI is InChI=1S/C19H27NO/c1-13-15(18(2,3)4)16(19(5,6)7)17(21)20(13)14-11-9-8-10-12-14/h8-12,15-16H,1H2,2-7H3. The van der Waals surface area contributed by atoms with Gasteiger partial charge in [0.05, 0.1) is 5.92 Å². The molecule has 1 aliphatic rings. The van der Waals surface area contributed by atoms with Gasteiger partial charge in [-0.25, -0.2) is 0 Å². The fourth-order valence-electron chi connectivity index (χ4n) is 3.50. The zero-order valence-electron chi connectivity index (χ0n) is 14.1. The van der Waals surface area contributed by atoms with Crippen LogP contribution in [0.5, 0.6) is 0 Å². The molecule has 1 amide bonds. The SMILES string of the molecule is C=C1C(C(C)(C)C)C(C(C)(C)C)C(=O)N1c1ccccc1. The highest BCUT2D eigenvalue weighted by Gasteiger charge is 2.53. The number of amides is 1. The Labute approximate surface area is 128 Å². The van der Waals surface area contributed by atoms with Crippen LogP contribution in [0, 0.1) is 22.7 Å². The van der Waals surface area contributed by atoms with Gasteiger partial charge in [-0.15, -0.1) is 0 Å². The van der Waals surface area contributed by atoms with Crippen molar-refractivity contribution < 1.29 is 4.79 Å². The second-order valence-corrected chi connectivity index (χ2v) is 8.19. The molecule has 0 spiro atoms. The minimum atomic E-state index is -0.0818. The lowest BCUT2D eigenvalue weighted by atomic mass is 9.65. The van der Waals surface area contributed by atoms with Gasteiger partial charge in [0.15, 0.2) is 0 Å². The van der Waals surface area contributed by atoms with Gasteiger partial charge in [0, 0.05) is 17.3 Å². The van der Waals surface area contributed by atoms with Gasteiger partial charge in [-0.1, -0.05) is 66.3 Å². The van der Waals surface area contributed by atoms with Crippen molar-refractivity contribution in [1.29, 1.82) is 0 Å². The third kappa shape index (κ3) is 2.76. The zero-order valence-corrected chi connectivity index (χ0v) is 14.1. The summed E-state index contributed by atoms with van der Waals surface area (Å²) in [4.78, 5) is 14.9. The number of allylic oxidation sites excluding steroid dienone is 1. The number of rotatable bonds is 1. The molecule has 0 aromatic heterocycles. The molecule has 1 aliphatic heterocycles. The summed E-state index contributed by atoms with van der Waals surface area (Å²) < 4.78 is 0. The van der Waals surface area contributed by atoms with E-state index in [9.17, 15) is 4.79 Å². The van der Waals surface area contributed by atoms with Crippen molar-refractivity contribution in [3.63, 3.8) is 0 Å². The molecular formula is C19H27NO. The van der Waals surface area contributed by atoms with E-state index < -0.39 is 0 Å². The van der Waals surface area contributed by atoms with Crippen LogP contribution in [0.2, 0.25) is 0 Å². The number of hydrogen-bond donors (Lipinski definition) is 0. The van der Waals surface area contributed by atoms with E-state index in [1.165, 1.54) is 0 Å². The minimum absolute atomic E-state index is 0.00816. The quantitative estimate of drug-likeness (QED) is 0.720. The molecule has 21 heavy (non-hydrogen) atoms. The van der Waals surface area contributed by atoms with E-state index in [0.29, 0.717) is 0 Å². The molecule has 0 saturated carbocycles. The number of carbonyl (C=O) groups is 1. The monoisotopic (exact) mass is 285 g/mol. The molecular weight excluding hydrogens is 258 g/mol. The van der Waals surface area contributed by atoms with Gasteiger partial charge in [-0.3, -0.25) is 9.69 Å². The molecule has 1 aromatic rings. The first-order valence-corrected chi connectivity index (χ1v) is 7.63. The Kier molecular flexibility index (Phi) is 3.77. The first-order chi connectivity index (χ1) is 9.55. The zero-order chi connectivity index (χ0) is 16.0. The third-order valence-corrected chi connectivity index (χ3v) is 4.35. The van der Waals surface area contributed by atoms with Gasteiger partial charge < -0.3 is 0 Å². The highest BCUT2D eigenvalue weighted by Crippen LogP contribution is 2.52. The summed E-state index contributed by atoms with van der Waals surface area (Å²) in [5, 5.41) is 0. The molecule has 1 fully saturated rings. The van der Waals surface area contributed by atoms with E-state index in [0.717, 1.165) is 11.4 Å². The molecule has 1 heterocycles. The van der Waals surface area contributed by atoms with Crippen molar-refractivity contribution in [1.82, 2.24) is 0 Å². The van der Waals surface area contributed by atoms with Crippen LogP contribution < -0.4 is 4.90 Å². The first kappa shape index (κ1) is 15.8. The van der Waals surface area contributed by atoms with Crippen molar-refractivity contribution in [2.45, 2.75) is 41.5 Å². The summed E-state index contributed by atoms with van der Waals surface area (Å²) in [5.74, 6) is 0.300. The lowest BCUT2D eigenvalue weighted by Crippen LogP contribution is -2.37. The molecule has 0 N–H and O–H groups in total. The second kappa shape index (κ2) is 5.01. The smallest absolute Gasteiger partial charge is 0.235 e. The predicted octanol–water partition coefficient (Wildman–Crippen LogP) is 4.87. The van der Waals surface area contributed by atoms with Crippen molar-refractivity contribution in [2.24, 2.45) is 22.7 Å². The molecule has 0 bridgehead atoms. The Hall–Kier alpha value is -1.57. The maximum atomic E-state index is 13.1. The average molecular weight is 285 g/mol. The van der Waals surface area contributed by atoms with Crippen LogP contribution in [-0.4, -0.2) is 5.91 Å². The Morgan fingerprint density at radius 1 is 0.905 bits per heavy atom. The molecule has 2 rings (SSSR count). The van der Waals surface area contributed by atoms with Gasteiger partial charge in [-0.05, 0) is 23.0 Å². The Balaban J connectivity index is 2.53. The number of nitrogens with zero attached hydrogens (tertiary/aromatic N) is 1.